The summed E-state index contributed by atoms with van der Waals surface area (Å²) < 4.78 is 36.4. The van der Waals surface area contributed by atoms with E-state index < -0.39 is 21.5 Å². The van der Waals surface area contributed by atoms with Crippen molar-refractivity contribution in [1.29, 1.82) is 0 Å². The topological polar surface area (TPSA) is 95.9 Å². The van der Waals surface area contributed by atoms with Gasteiger partial charge >= 0.3 is 35.6 Å². The van der Waals surface area contributed by atoms with Crippen LogP contribution >= 0.6 is 11.6 Å². The Bertz CT molecular complexity index is 693. The maximum atomic E-state index is 11.7. The van der Waals surface area contributed by atoms with E-state index >= 15 is 0 Å². The molecule has 7 nitrogen and oxygen atoms in total. The molecule has 1 atom stereocenters. The minimum absolute atomic E-state index is 0. The molecule has 0 bridgehead atoms. The number of halogens is 1. The molecule has 1 aromatic carbocycles. The molecule has 0 saturated carbocycles. The van der Waals surface area contributed by atoms with Crippen molar-refractivity contribution in [3.63, 3.8) is 0 Å². The number of benzene rings is 1. The van der Waals surface area contributed by atoms with Gasteiger partial charge < -0.3 is 10.1 Å². The molecular formula is C13H16ClN2NaO5S. The van der Waals surface area contributed by atoms with Crippen molar-refractivity contribution in [1.82, 2.24) is 10.2 Å². The molecule has 0 aromatic heterocycles. The summed E-state index contributed by atoms with van der Waals surface area (Å²) in [5.41, 5.74) is 2.07. The van der Waals surface area contributed by atoms with Crippen LogP contribution in [0.2, 0.25) is 0 Å². The fourth-order valence-electron chi connectivity index (χ4n) is 1.80. The fourth-order valence-corrected chi connectivity index (χ4v) is 2.90. The quantitative estimate of drug-likeness (QED) is 0.598. The number of amides is 2. The van der Waals surface area contributed by atoms with E-state index in [0.717, 1.165) is 22.2 Å². The van der Waals surface area contributed by atoms with Gasteiger partial charge in [-0.05, 0) is 12.5 Å². The maximum absolute atomic E-state index is 11.7. The number of urea groups is 1. The number of nitrogens with one attached hydrogen (secondary N) is 1. The van der Waals surface area contributed by atoms with Gasteiger partial charge in [0, 0.05) is 6.20 Å². The van der Waals surface area contributed by atoms with Crippen LogP contribution in [0.15, 0.2) is 35.5 Å². The summed E-state index contributed by atoms with van der Waals surface area (Å²) in [5, 5.41) is 0.216. The van der Waals surface area contributed by atoms with Gasteiger partial charge in [0.2, 0.25) is 0 Å². The van der Waals surface area contributed by atoms with Crippen molar-refractivity contribution >= 4 is 57.3 Å². The Morgan fingerprint density at radius 2 is 1.96 bits per heavy atom. The summed E-state index contributed by atoms with van der Waals surface area (Å²) in [4.78, 5) is 12.8. The molecule has 1 aliphatic heterocycles. The Morgan fingerprint density at radius 1 is 1.35 bits per heavy atom. The van der Waals surface area contributed by atoms with E-state index in [0.29, 0.717) is 0 Å². The molecule has 23 heavy (non-hydrogen) atoms. The molecule has 10 heteroatoms. The monoisotopic (exact) mass is 370 g/mol. The average molecular weight is 371 g/mol. The standard InChI is InChI=1S/C13H15ClN2O5S.Na.H/c1-9-2-4-10(5-3-9)7-21-8-16-6-11(14)12(15-13(16)17)22(18,19)20;;/h2-6,12H,7-8H2,1H3,(H,15,17)(H,18,19,20);;. The zero-order valence-corrected chi connectivity index (χ0v) is 13.3. The van der Waals surface area contributed by atoms with Crippen LogP contribution in [0.3, 0.4) is 0 Å². The molecule has 0 spiro atoms. The summed E-state index contributed by atoms with van der Waals surface area (Å²) in [6.07, 6.45) is 1.12. The van der Waals surface area contributed by atoms with Crippen LogP contribution in [0.1, 0.15) is 11.1 Å². The van der Waals surface area contributed by atoms with Crippen LogP contribution < -0.4 is 5.32 Å². The fraction of sp³-hybridized carbons (Fsp3) is 0.308. The predicted molar refractivity (Wildman–Crippen MR) is 87.6 cm³/mol. The number of hydrogen-bond donors (Lipinski definition) is 2. The van der Waals surface area contributed by atoms with Gasteiger partial charge in [-0.1, -0.05) is 41.4 Å². The zero-order chi connectivity index (χ0) is 16.3. The molecule has 0 fully saturated rings. The van der Waals surface area contributed by atoms with Crippen molar-refractivity contribution in [2.75, 3.05) is 6.73 Å². The SMILES string of the molecule is Cc1ccc(COCN2C=C(Cl)C(S(=O)(=O)O)NC2=O)cc1.[NaH]. The Kier molecular flexibility index (Phi) is 7.53. The molecule has 2 amide bonds. The normalized spacial score (nSPS) is 18.0. The molecule has 1 unspecified atom stereocenters. The molecule has 0 radical (unpaired) electrons. The number of hydrogen-bond acceptors (Lipinski definition) is 4. The number of nitrogens with zero attached hydrogens (tertiary/aromatic N) is 1. The van der Waals surface area contributed by atoms with E-state index in [2.05, 4.69) is 5.32 Å². The van der Waals surface area contributed by atoms with Gasteiger partial charge in [-0.25, -0.2) is 4.79 Å². The van der Waals surface area contributed by atoms with Crippen LogP contribution in [0.5, 0.6) is 0 Å². The number of rotatable bonds is 5. The first-order valence-corrected chi connectivity index (χ1v) is 8.19. The van der Waals surface area contributed by atoms with Crippen LogP contribution in [0, 0.1) is 6.92 Å². The van der Waals surface area contributed by atoms with Gasteiger partial charge in [0.1, 0.15) is 6.73 Å². The van der Waals surface area contributed by atoms with E-state index in [1.165, 1.54) is 0 Å². The summed E-state index contributed by atoms with van der Waals surface area (Å²) >= 11 is 5.75. The third-order valence-electron chi connectivity index (χ3n) is 2.96. The van der Waals surface area contributed by atoms with Crippen LogP contribution in [-0.4, -0.2) is 65.6 Å². The van der Waals surface area contributed by atoms with Crippen LogP contribution in [0.4, 0.5) is 4.79 Å². The number of carbonyl (C=O) groups is 1. The van der Waals surface area contributed by atoms with Gasteiger partial charge in [-0.2, -0.15) is 8.42 Å². The first-order valence-electron chi connectivity index (χ1n) is 6.31. The van der Waals surface area contributed by atoms with Crippen LogP contribution in [-0.2, 0) is 21.5 Å². The second-order valence-electron chi connectivity index (χ2n) is 4.79. The molecule has 2 rings (SSSR count). The van der Waals surface area contributed by atoms with Crippen molar-refractivity contribution in [2.24, 2.45) is 0 Å². The van der Waals surface area contributed by atoms with E-state index in [9.17, 15) is 13.2 Å². The van der Waals surface area contributed by atoms with Crippen molar-refractivity contribution in [3.8, 4) is 0 Å². The first kappa shape index (κ1) is 20.4. The van der Waals surface area contributed by atoms with Crippen molar-refractivity contribution in [2.45, 2.75) is 18.9 Å². The average Bonchev–Trinajstić information content (AvgIpc) is 2.43. The molecule has 1 heterocycles. The second-order valence-corrected chi connectivity index (χ2v) is 6.73. The number of ether oxygens (including phenoxy) is 1. The van der Waals surface area contributed by atoms with Gasteiger partial charge in [-0.3, -0.25) is 9.45 Å². The van der Waals surface area contributed by atoms with Crippen molar-refractivity contribution in [3.05, 3.63) is 46.6 Å². The Balaban J connectivity index is 0.00000264. The summed E-state index contributed by atoms with van der Waals surface area (Å²) in [5.74, 6) is 0. The minimum atomic E-state index is -4.50. The van der Waals surface area contributed by atoms with E-state index in [-0.39, 0.29) is 47.9 Å². The molecule has 1 aliphatic rings. The van der Waals surface area contributed by atoms with E-state index in [4.69, 9.17) is 20.9 Å². The van der Waals surface area contributed by atoms with E-state index in [1.54, 1.807) is 0 Å². The van der Waals surface area contributed by atoms with Gasteiger partial charge in [-0.15, -0.1) is 0 Å². The number of carbonyl (C=O) groups excluding carboxylic acids is 1. The third kappa shape index (κ3) is 5.75. The first-order chi connectivity index (χ1) is 10.3. The molecular weight excluding hydrogens is 355 g/mol. The number of aryl methyl sites for hydroxylation is 1. The molecule has 0 saturated heterocycles. The molecule has 122 valence electrons. The van der Waals surface area contributed by atoms with E-state index in [1.807, 2.05) is 31.2 Å². The Morgan fingerprint density at radius 3 is 2.52 bits per heavy atom. The molecule has 2 N–H and O–H groups in total. The van der Waals surface area contributed by atoms with Gasteiger partial charge in [0.05, 0.1) is 11.6 Å². The van der Waals surface area contributed by atoms with Gasteiger partial charge in [0.25, 0.3) is 10.1 Å². The Labute approximate surface area is 161 Å². The Hall–Kier alpha value is -0.610. The molecule has 0 aliphatic carbocycles. The predicted octanol–water partition coefficient (Wildman–Crippen LogP) is 1.14. The van der Waals surface area contributed by atoms with Crippen molar-refractivity contribution < 1.29 is 22.5 Å². The summed E-state index contributed by atoms with van der Waals surface area (Å²) in [7, 11) is -4.50. The third-order valence-corrected chi connectivity index (χ3v) is 4.38. The summed E-state index contributed by atoms with van der Waals surface area (Å²) in [6, 6.07) is 6.97. The molecule has 1 aromatic rings. The zero-order valence-electron chi connectivity index (χ0n) is 11.7. The van der Waals surface area contributed by atoms with Gasteiger partial charge in [0.15, 0.2) is 5.37 Å². The van der Waals surface area contributed by atoms with Crippen LogP contribution in [0.25, 0.3) is 0 Å². The summed E-state index contributed by atoms with van der Waals surface area (Å²) in [6.45, 7) is 2.16. The second kappa shape index (κ2) is 8.48.